The van der Waals surface area contributed by atoms with Crippen LogP contribution in [0.5, 0.6) is 0 Å². The van der Waals surface area contributed by atoms with Gasteiger partial charge < -0.3 is 36.1 Å². The van der Waals surface area contributed by atoms with Gasteiger partial charge in [0, 0.05) is 12.5 Å². The van der Waals surface area contributed by atoms with Gasteiger partial charge in [-0.05, 0) is 58.2 Å². The van der Waals surface area contributed by atoms with Crippen molar-refractivity contribution in [1.29, 1.82) is 0 Å². The van der Waals surface area contributed by atoms with E-state index in [9.17, 15) is 15.0 Å². The molecule has 30 heavy (non-hydrogen) atoms. The van der Waals surface area contributed by atoms with Crippen molar-refractivity contribution in [1.82, 2.24) is 10.6 Å². The van der Waals surface area contributed by atoms with Crippen LogP contribution in [-0.4, -0.2) is 73.0 Å². The van der Waals surface area contributed by atoms with E-state index in [0.717, 1.165) is 51.6 Å². The molecule has 0 saturated carbocycles. The quantitative estimate of drug-likeness (QED) is 0.246. The molecule has 8 heteroatoms. The van der Waals surface area contributed by atoms with Crippen LogP contribution in [0.4, 0.5) is 0 Å². The molecule has 0 aromatic carbocycles. The van der Waals surface area contributed by atoms with Gasteiger partial charge in [-0.1, -0.05) is 33.6 Å². The standard InChI is InChI=1S/C22H45N3O5/c1-5-10-15(3)17-18(26)19(27)22(29-16(4)6-2)30-20(17)21(28)25-14-8-7-12-24-13-9-11-23/h15-20,22,24,26-27H,5-14,23H2,1-4H3,(H,25,28). The second-order valence-corrected chi connectivity index (χ2v) is 8.49. The fourth-order valence-corrected chi connectivity index (χ4v) is 3.88. The van der Waals surface area contributed by atoms with Gasteiger partial charge in [0.2, 0.25) is 5.91 Å². The van der Waals surface area contributed by atoms with E-state index in [1.807, 2.05) is 20.8 Å². The molecular weight excluding hydrogens is 386 g/mol. The first-order valence-electron chi connectivity index (χ1n) is 11.7. The molecule has 1 amide bonds. The molecule has 7 atom stereocenters. The second-order valence-electron chi connectivity index (χ2n) is 8.49. The highest BCUT2D eigenvalue weighted by Crippen LogP contribution is 2.35. The van der Waals surface area contributed by atoms with Gasteiger partial charge in [-0.15, -0.1) is 0 Å². The van der Waals surface area contributed by atoms with E-state index < -0.39 is 30.5 Å². The van der Waals surface area contributed by atoms with E-state index in [2.05, 4.69) is 17.6 Å². The summed E-state index contributed by atoms with van der Waals surface area (Å²) < 4.78 is 11.7. The van der Waals surface area contributed by atoms with Gasteiger partial charge in [-0.25, -0.2) is 0 Å². The van der Waals surface area contributed by atoms with E-state index >= 15 is 0 Å². The molecule has 1 heterocycles. The lowest BCUT2D eigenvalue weighted by Crippen LogP contribution is -2.61. The number of carbonyl (C=O) groups is 1. The Kier molecular flexibility index (Phi) is 13.7. The minimum Gasteiger partial charge on any atom is -0.390 e. The fraction of sp³-hybridized carbons (Fsp3) is 0.955. The summed E-state index contributed by atoms with van der Waals surface area (Å²) in [5.74, 6) is -0.691. The summed E-state index contributed by atoms with van der Waals surface area (Å²) in [5, 5.41) is 27.6. The summed E-state index contributed by atoms with van der Waals surface area (Å²) in [6.07, 6.45) is 1.03. The van der Waals surface area contributed by atoms with E-state index in [4.69, 9.17) is 15.2 Å². The van der Waals surface area contributed by atoms with Crippen molar-refractivity contribution in [3.63, 3.8) is 0 Å². The largest absolute Gasteiger partial charge is 0.390 e. The van der Waals surface area contributed by atoms with Crippen molar-refractivity contribution < 1.29 is 24.5 Å². The summed E-state index contributed by atoms with van der Waals surface area (Å²) in [6, 6.07) is 0. The van der Waals surface area contributed by atoms with Crippen LogP contribution in [-0.2, 0) is 14.3 Å². The Morgan fingerprint density at radius 3 is 2.40 bits per heavy atom. The predicted octanol–water partition coefficient (Wildman–Crippen LogP) is 1.14. The lowest BCUT2D eigenvalue weighted by atomic mass is 9.77. The third kappa shape index (κ3) is 8.77. The van der Waals surface area contributed by atoms with Crippen LogP contribution in [0.2, 0.25) is 0 Å². The molecule has 0 radical (unpaired) electrons. The van der Waals surface area contributed by atoms with Gasteiger partial charge in [0.05, 0.1) is 12.2 Å². The molecule has 1 aliphatic heterocycles. The van der Waals surface area contributed by atoms with E-state index in [0.29, 0.717) is 13.1 Å². The predicted molar refractivity (Wildman–Crippen MR) is 118 cm³/mol. The minimum atomic E-state index is -1.17. The topological polar surface area (TPSA) is 126 Å². The average molecular weight is 432 g/mol. The first-order chi connectivity index (χ1) is 14.4. The molecule has 6 N–H and O–H groups in total. The Labute approximate surface area is 182 Å². The molecule has 0 spiro atoms. The zero-order valence-electron chi connectivity index (χ0n) is 19.3. The smallest absolute Gasteiger partial charge is 0.249 e. The SMILES string of the molecule is CCCC(C)C1C(C(=O)NCCCCNCCCN)OC(OC(C)CC)C(O)C1O. The number of aliphatic hydroxyl groups excluding tert-OH is 2. The van der Waals surface area contributed by atoms with Crippen molar-refractivity contribution in [2.24, 2.45) is 17.6 Å². The molecule has 0 aromatic heterocycles. The summed E-state index contributed by atoms with van der Waals surface area (Å²) in [5.41, 5.74) is 5.47. The number of carbonyl (C=O) groups excluding carboxylic acids is 1. The van der Waals surface area contributed by atoms with Crippen LogP contribution in [0.15, 0.2) is 0 Å². The van der Waals surface area contributed by atoms with E-state index in [-0.39, 0.29) is 17.9 Å². The van der Waals surface area contributed by atoms with Crippen LogP contribution in [0.3, 0.4) is 0 Å². The molecule has 0 aromatic rings. The highest BCUT2D eigenvalue weighted by Gasteiger charge is 2.49. The van der Waals surface area contributed by atoms with Gasteiger partial charge in [0.1, 0.15) is 12.2 Å². The average Bonchev–Trinajstić information content (AvgIpc) is 2.72. The molecule has 0 aliphatic carbocycles. The van der Waals surface area contributed by atoms with Crippen LogP contribution < -0.4 is 16.4 Å². The minimum absolute atomic E-state index is 0.0340. The van der Waals surface area contributed by atoms with Crippen LogP contribution in [0.1, 0.15) is 66.2 Å². The number of hydrogen-bond acceptors (Lipinski definition) is 7. The summed E-state index contributed by atoms with van der Waals surface area (Å²) in [6.45, 7) is 10.9. The Balaban J connectivity index is 2.67. The molecule has 178 valence electrons. The van der Waals surface area contributed by atoms with Crippen LogP contribution in [0.25, 0.3) is 0 Å². The molecule has 7 unspecified atom stereocenters. The summed E-state index contributed by atoms with van der Waals surface area (Å²) in [4.78, 5) is 12.9. The van der Waals surface area contributed by atoms with Crippen molar-refractivity contribution in [3.8, 4) is 0 Å². The van der Waals surface area contributed by atoms with Gasteiger partial charge in [-0.2, -0.15) is 0 Å². The molecule has 8 nitrogen and oxygen atoms in total. The summed E-state index contributed by atoms with van der Waals surface area (Å²) in [7, 11) is 0. The Morgan fingerprint density at radius 1 is 1.10 bits per heavy atom. The fourth-order valence-electron chi connectivity index (χ4n) is 3.88. The second kappa shape index (κ2) is 15.1. The number of nitrogens with two attached hydrogens (primary N) is 1. The molecule has 1 aliphatic rings. The van der Waals surface area contributed by atoms with Gasteiger partial charge in [-0.3, -0.25) is 4.79 Å². The number of rotatable bonds is 15. The lowest BCUT2D eigenvalue weighted by Gasteiger charge is -2.44. The monoisotopic (exact) mass is 431 g/mol. The maximum atomic E-state index is 12.9. The Morgan fingerprint density at radius 2 is 1.77 bits per heavy atom. The number of nitrogens with one attached hydrogen (secondary N) is 2. The van der Waals surface area contributed by atoms with Crippen molar-refractivity contribution in [2.45, 2.75) is 96.9 Å². The third-order valence-corrected chi connectivity index (χ3v) is 5.89. The Hall–Kier alpha value is -0.770. The van der Waals surface area contributed by atoms with Gasteiger partial charge in [0.25, 0.3) is 0 Å². The van der Waals surface area contributed by atoms with E-state index in [1.165, 1.54) is 0 Å². The maximum Gasteiger partial charge on any atom is 0.249 e. The zero-order chi connectivity index (χ0) is 22.5. The Bertz CT molecular complexity index is 468. The van der Waals surface area contributed by atoms with Crippen molar-refractivity contribution in [2.75, 3.05) is 26.2 Å². The normalized spacial score (nSPS) is 28.8. The first-order valence-corrected chi connectivity index (χ1v) is 11.7. The van der Waals surface area contributed by atoms with Crippen LogP contribution in [0, 0.1) is 11.8 Å². The number of unbranched alkanes of at least 4 members (excludes halogenated alkanes) is 1. The summed E-state index contributed by atoms with van der Waals surface area (Å²) >= 11 is 0. The van der Waals surface area contributed by atoms with E-state index in [1.54, 1.807) is 0 Å². The molecule has 0 bridgehead atoms. The number of ether oxygens (including phenoxy) is 2. The first kappa shape index (κ1) is 27.3. The van der Waals surface area contributed by atoms with Gasteiger partial charge >= 0.3 is 0 Å². The highest BCUT2D eigenvalue weighted by atomic mass is 16.7. The molecular formula is C22H45N3O5. The molecule has 1 rings (SSSR count). The lowest BCUT2D eigenvalue weighted by molar-refractivity contribution is -0.295. The van der Waals surface area contributed by atoms with Crippen LogP contribution >= 0.6 is 0 Å². The molecule has 1 fully saturated rings. The third-order valence-electron chi connectivity index (χ3n) is 5.89. The van der Waals surface area contributed by atoms with Gasteiger partial charge in [0.15, 0.2) is 6.29 Å². The van der Waals surface area contributed by atoms with Crippen molar-refractivity contribution >= 4 is 5.91 Å². The number of hydrogen-bond donors (Lipinski definition) is 5. The highest BCUT2D eigenvalue weighted by molar-refractivity contribution is 5.81. The zero-order valence-corrected chi connectivity index (χ0v) is 19.3. The maximum absolute atomic E-state index is 12.9. The number of amides is 1. The molecule has 1 saturated heterocycles. The van der Waals surface area contributed by atoms with Crippen molar-refractivity contribution in [3.05, 3.63) is 0 Å². The number of aliphatic hydroxyl groups is 2.